The average molecular weight is 293 g/mol. The van der Waals surface area contributed by atoms with E-state index in [-0.39, 0.29) is 23.9 Å². The van der Waals surface area contributed by atoms with Gasteiger partial charge in [0, 0.05) is 12.5 Å². The molecule has 5 nitrogen and oxygen atoms in total. The molecule has 0 aromatic carbocycles. The fraction of sp³-hybridized carbons (Fsp3) is 0.667. The highest BCUT2D eigenvalue weighted by molar-refractivity contribution is 5.79. The van der Waals surface area contributed by atoms with Crippen molar-refractivity contribution in [1.82, 2.24) is 14.9 Å². The lowest BCUT2D eigenvalue weighted by Gasteiger charge is -2.33. The third-order valence-electron chi connectivity index (χ3n) is 4.26. The minimum Gasteiger partial charge on any atom is -0.458 e. The number of amides is 1. The zero-order chi connectivity index (χ0) is 14.7. The number of hydrogen-bond acceptors (Lipinski definition) is 4. The Bertz CT molecular complexity index is 488. The van der Waals surface area contributed by atoms with E-state index in [2.05, 4.69) is 9.97 Å². The topological polar surface area (TPSA) is 55.3 Å². The lowest BCUT2D eigenvalue weighted by Crippen LogP contribution is -2.46. The molecule has 1 aliphatic heterocycles. The molecule has 1 aromatic rings. The molecule has 2 heterocycles. The monoisotopic (exact) mass is 293 g/mol. The van der Waals surface area contributed by atoms with Crippen molar-refractivity contribution in [2.24, 2.45) is 5.92 Å². The van der Waals surface area contributed by atoms with Gasteiger partial charge in [-0.2, -0.15) is 0 Å². The molecule has 1 atom stereocenters. The highest BCUT2D eigenvalue weighted by Crippen LogP contribution is 2.28. The molecule has 21 heavy (non-hydrogen) atoms. The van der Waals surface area contributed by atoms with Crippen LogP contribution in [0, 0.1) is 11.7 Å². The molecule has 3 rings (SSSR count). The van der Waals surface area contributed by atoms with Crippen LogP contribution < -0.4 is 4.74 Å². The maximum Gasteiger partial charge on any atom is 0.316 e. The van der Waals surface area contributed by atoms with E-state index >= 15 is 0 Å². The molecule has 0 N–H and O–H groups in total. The first-order chi connectivity index (χ1) is 10.2. The van der Waals surface area contributed by atoms with Crippen LogP contribution in [-0.2, 0) is 4.79 Å². The minimum atomic E-state index is -0.482. The van der Waals surface area contributed by atoms with E-state index in [0.29, 0.717) is 6.54 Å². The Hall–Kier alpha value is -1.72. The first-order valence-corrected chi connectivity index (χ1v) is 7.65. The molecular weight excluding hydrogens is 273 g/mol. The van der Waals surface area contributed by atoms with Crippen molar-refractivity contribution >= 4 is 5.91 Å². The summed E-state index contributed by atoms with van der Waals surface area (Å²) in [7, 11) is 0. The van der Waals surface area contributed by atoms with Crippen LogP contribution in [0.4, 0.5) is 4.39 Å². The third-order valence-corrected chi connectivity index (χ3v) is 4.26. The van der Waals surface area contributed by atoms with E-state index in [1.54, 1.807) is 0 Å². The number of halogens is 1. The van der Waals surface area contributed by atoms with Crippen molar-refractivity contribution in [2.75, 3.05) is 13.1 Å². The maximum atomic E-state index is 12.8. The molecule has 0 spiro atoms. The molecule has 1 unspecified atom stereocenters. The molecule has 1 saturated carbocycles. The second-order valence-corrected chi connectivity index (χ2v) is 5.83. The number of piperidine rings is 1. The van der Waals surface area contributed by atoms with Crippen molar-refractivity contribution in [1.29, 1.82) is 0 Å². The largest absolute Gasteiger partial charge is 0.458 e. The van der Waals surface area contributed by atoms with Crippen molar-refractivity contribution in [3.63, 3.8) is 0 Å². The second-order valence-electron chi connectivity index (χ2n) is 5.83. The zero-order valence-electron chi connectivity index (χ0n) is 12.0. The van der Waals surface area contributed by atoms with E-state index in [1.807, 2.05) is 4.90 Å². The quantitative estimate of drug-likeness (QED) is 0.857. The van der Waals surface area contributed by atoms with Crippen LogP contribution in [0.2, 0.25) is 0 Å². The van der Waals surface area contributed by atoms with Crippen LogP contribution in [0.5, 0.6) is 6.01 Å². The minimum absolute atomic E-state index is 0.102. The predicted molar refractivity (Wildman–Crippen MR) is 74.2 cm³/mol. The molecule has 1 amide bonds. The molecule has 114 valence electrons. The van der Waals surface area contributed by atoms with Crippen molar-refractivity contribution in [3.8, 4) is 6.01 Å². The molecule has 1 aliphatic carbocycles. The summed E-state index contributed by atoms with van der Waals surface area (Å²) in [4.78, 5) is 22.0. The summed E-state index contributed by atoms with van der Waals surface area (Å²) in [5.74, 6) is -0.0179. The maximum absolute atomic E-state index is 12.8. The Balaban J connectivity index is 1.57. The number of aromatic nitrogens is 2. The van der Waals surface area contributed by atoms with Crippen molar-refractivity contribution < 1.29 is 13.9 Å². The van der Waals surface area contributed by atoms with Gasteiger partial charge in [0.2, 0.25) is 5.91 Å². The van der Waals surface area contributed by atoms with Crippen molar-refractivity contribution in [3.05, 3.63) is 18.2 Å². The predicted octanol–water partition coefficient (Wildman–Crippen LogP) is 2.18. The van der Waals surface area contributed by atoms with E-state index < -0.39 is 5.82 Å². The first kappa shape index (κ1) is 14.2. The standard InChI is InChI=1S/C15H20FN3O2/c16-12-8-17-15(18-9-12)21-13-6-3-7-19(10-13)14(20)11-4-1-2-5-11/h8-9,11,13H,1-7,10H2. The van der Waals surface area contributed by atoms with Gasteiger partial charge in [-0.25, -0.2) is 14.4 Å². The number of nitrogens with zero attached hydrogens (tertiary/aromatic N) is 3. The number of likely N-dealkylation sites (tertiary alicyclic amines) is 1. The Morgan fingerprint density at radius 2 is 1.90 bits per heavy atom. The van der Waals surface area contributed by atoms with Gasteiger partial charge >= 0.3 is 6.01 Å². The van der Waals surface area contributed by atoms with Crippen LogP contribution in [-0.4, -0.2) is 40.0 Å². The van der Waals surface area contributed by atoms with Gasteiger partial charge in [0.15, 0.2) is 5.82 Å². The molecule has 0 bridgehead atoms. The smallest absolute Gasteiger partial charge is 0.316 e. The Kier molecular flexibility index (Phi) is 4.31. The van der Waals surface area contributed by atoms with Crippen LogP contribution in [0.25, 0.3) is 0 Å². The van der Waals surface area contributed by atoms with Gasteiger partial charge in [-0.3, -0.25) is 4.79 Å². The Labute approximate surface area is 123 Å². The SMILES string of the molecule is O=C(C1CCCC1)N1CCCC(Oc2ncc(F)cn2)C1. The van der Waals surface area contributed by atoms with Crippen LogP contribution in [0.3, 0.4) is 0 Å². The molecule has 6 heteroatoms. The zero-order valence-corrected chi connectivity index (χ0v) is 12.0. The average Bonchev–Trinajstić information content (AvgIpc) is 3.03. The molecule has 2 fully saturated rings. The van der Waals surface area contributed by atoms with Gasteiger partial charge < -0.3 is 9.64 Å². The summed E-state index contributed by atoms with van der Waals surface area (Å²) in [6.07, 6.45) is 8.22. The van der Waals surface area contributed by atoms with E-state index in [1.165, 1.54) is 0 Å². The number of rotatable bonds is 3. The van der Waals surface area contributed by atoms with Crippen LogP contribution >= 0.6 is 0 Å². The van der Waals surface area contributed by atoms with E-state index in [0.717, 1.165) is 57.5 Å². The van der Waals surface area contributed by atoms with Crippen LogP contribution in [0.15, 0.2) is 12.4 Å². The molecule has 0 radical (unpaired) electrons. The number of carbonyl (C=O) groups is 1. The normalized spacial score (nSPS) is 23.3. The first-order valence-electron chi connectivity index (χ1n) is 7.65. The van der Waals surface area contributed by atoms with Gasteiger partial charge in [0.05, 0.1) is 18.9 Å². The van der Waals surface area contributed by atoms with E-state index in [4.69, 9.17) is 4.74 Å². The number of ether oxygens (including phenoxy) is 1. The van der Waals surface area contributed by atoms with E-state index in [9.17, 15) is 9.18 Å². The number of carbonyl (C=O) groups excluding carboxylic acids is 1. The molecule has 2 aliphatic rings. The molecule has 1 aromatic heterocycles. The lowest BCUT2D eigenvalue weighted by molar-refractivity contribution is -0.138. The summed E-state index contributed by atoms with van der Waals surface area (Å²) in [5.41, 5.74) is 0. The van der Waals surface area contributed by atoms with Crippen molar-refractivity contribution in [2.45, 2.75) is 44.6 Å². The molecule has 1 saturated heterocycles. The molecular formula is C15H20FN3O2. The summed E-state index contributed by atoms with van der Waals surface area (Å²) >= 11 is 0. The Morgan fingerprint density at radius 3 is 2.62 bits per heavy atom. The van der Waals surface area contributed by atoms with Gasteiger partial charge in [-0.15, -0.1) is 0 Å². The van der Waals surface area contributed by atoms with Gasteiger partial charge in [-0.05, 0) is 25.7 Å². The van der Waals surface area contributed by atoms with Gasteiger partial charge in [0.1, 0.15) is 6.10 Å². The summed E-state index contributed by atoms with van der Waals surface area (Å²) in [6.45, 7) is 1.38. The van der Waals surface area contributed by atoms with Gasteiger partial charge in [-0.1, -0.05) is 12.8 Å². The fourth-order valence-corrected chi connectivity index (χ4v) is 3.18. The highest BCUT2D eigenvalue weighted by atomic mass is 19.1. The third kappa shape index (κ3) is 3.49. The van der Waals surface area contributed by atoms with Crippen LogP contribution in [0.1, 0.15) is 38.5 Å². The highest BCUT2D eigenvalue weighted by Gasteiger charge is 2.31. The number of hydrogen-bond donors (Lipinski definition) is 0. The summed E-state index contributed by atoms with van der Waals surface area (Å²) in [5, 5.41) is 0. The van der Waals surface area contributed by atoms with Gasteiger partial charge in [0.25, 0.3) is 0 Å². The summed E-state index contributed by atoms with van der Waals surface area (Å²) in [6, 6.07) is 0.177. The Morgan fingerprint density at radius 1 is 1.19 bits per heavy atom. The summed E-state index contributed by atoms with van der Waals surface area (Å²) < 4.78 is 18.4. The fourth-order valence-electron chi connectivity index (χ4n) is 3.18. The lowest BCUT2D eigenvalue weighted by atomic mass is 10.0. The second kappa shape index (κ2) is 6.37.